The summed E-state index contributed by atoms with van der Waals surface area (Å²) in [6.45, 7) is 5.75. The van der Waals surface area contributed by atoms with E-state index in [0.717, 1.165) is 36.2 Å². The molecule has 0 aliphatic rings. The Kier molecular flexibility index (Phi) is 9.68. The van der Waals surface area contributed by atoms with Gasteiger partial charge in [0.1, 0.15) is 0 Å². The second-order valence-corrected chi connectivity index (χ2v) is 7.19. The fraction of sp³-hybridized carbons (Fsp3) is 0.412. The summed E-state index contributed by atoms with van der Waals surface area (Å²) in [6.07, 6.45) is 3.02. The normalized spacial score (nSPS) is 11.1. The van der Waals surface area contributed by atoms with Gasteiger partial charge in [-0.1, -0.05) is 12.1 Å². The summed E-state index contributed by atoms with van der Waals surface area (Å²) in [4.78, 5) is 10.1. The molecule has 132 valence electrons. The number of aryl methyl sites for hydroxylation is 2. The van der Waals surface area contributed by atoms with Crippen molar-refractivity contribution in [3.63, 3.8) is 0 Å². The van der Waals surface area contributed by atoms with E-state index in [1.54, 1.807) is 30.1 Å². The van der Waals surface area contributed by atoms with Crippen LogP contribution in [0.4, 0.5) is 0 Å². The third-order valence-corrected chi connectivity index (χ3v) is 5.09. The van der Waals surface area contributed by atoms with Crippen molar-refractivity contribution in [2.24, 2.45) is 4.99 Å². The van der Waals surface area contributed by atoms with Crippen LogP contribution < -0.4 is 10.6 Å². The van der Waals surface area contributed by atoms with Gasteiger partial charge in [-0.05, 0) is 37.3 Å². The Labute approximate surface area is 170 Å². The predicted molar refractivity (Wildman–Crippen MR) is 117 cm³/mol. The van der Waals surface area contributed by atoms with Crippen molar-refractivity contribution in [2.45, 2.75) is 31.7 Å². The monoisotopic (exact) mass is 476 g/mol. The van der Waals surface area contributed by atoms with Crippen LogP contribution >= 0.6 is 47.1 Å². The van der Waals surface area contributed by atoms with Crippen LogP contribution in [-0.4, -0.2) is 30.8 Å². The van der Waals surface area contributed by atoms with Gasteiger partial charge in [0.15, 0.2) is 5.96 Å². The van der Waals surface area contributed by atoms with Gasteiger partial charge in [0.05, 0.1) is 10.7 Å². The summed E-state index contributed by atoms with van der Waals surface area (Å²) >= 11 is 3.47. The molecule has 7 heteroatoms. The van der Waals surface area contributed by atoms with E-state index in [2.05, 4.69) is 57.4 Å². The van der Waals surface area contributed by atoms with Gasteiger partial charge in [0.25, 0.3) is 0 Å². The van der Waals surface area contributed by atoms with E-state index >= 15 is 0 Å². The Bertz CT molecular complexity index is 670. The van der Waals surface area contributed by atoms with Crippen molar-refractivity contribution in [1.29, 1.82) is 0 Å². The fourth-order valence-corrected chi connectivity index (χ4v) is 3.58. The lowest BCUT2D eigenvalue weighted by Crippen LogP contribution is -2.38. The number of nitrogens with one attached hydrogen (secondary N) is 2. The van der Waals surface area contributed by atoms with Crippen molar-refractivity contribution in [3.05, 3.63) is 45.4 Å². The van der Waals surface area contributed by atoms with E-state index < -0.39 is 0 Å². The first kappa shape index (κ1) is 21.2. The van der Waals surface area contributed by atoms with Crippen molar-refractivity contribution in [2.75, 3.05) is 19.8 Å². The molecule has 0 bridgehead atoms. The number of guanidine groups is 1. The summed E-state index contributed by atoms with van der Waals surface area (Å²) < 4.78 is 0. The van der Waals surface area contributed by atoms with E-state index in [1.165, 1.54) is 16.0 Å². The maximum Gasteiger partial charge on any atom is 0.191 e. The summed E-state index contributed by atoms with van der Waals surface area (Å²) in [5.74, 6) is 0.824. The molecule has 2 N–H and O–H groups in total. The summed E-state index contributed by atoms with van der Waals surface area (Å²) in [5.41, 5.74) is 3.72. The Morgan fingerprint density at radius 2 is 2.08 bits per heavy atom. The maximum atomic E-state index is 4.47. The molecule has 2 aromatic rings. The third kappa shape index (κ3) is 6.60. The number of hydrogen-bond acceptors (Lipinski definition) is 4. The first-order chi connectivity index (χ1) is 11.1. The first-order valence-corrected chi connectivity index (χ1v) is 9.72. The molecule has 2 rings (SSSR count). The SMILES string of the molecule is CN=C(NCCc1csc(C)n1)NCc1ccc(C)cc1SC.I. The average molecular weight is 476 g/mol. The number of aliphatic imine (C=N–C) groups is 1. The fourth-order valence-electron chi connectivity index (χ4n) is 2.23. The van der Waals surface area contributed by atoms with Gasteiger partial charge in [-0.15, -0.1) is 47.1 Å². The molecule has 0 fully saturated rings. The Hall–Kier alpha value is -0.800. The predicted octanol–water partition coefficient (Wildman–Crippen LogP) is 4.01. The second-order valence-electron chi connectivity index (χ2n) is 5.28. The number of thiazole rings is 1. The minimum atomic E-state index is 0. The maximum absolute atomic E-state index is 4.47. The molecule has 0 saturated heterocycles. The lowest BCUT2D eigenvalue weighted by Gasteiger charge is -2.13. The molecule has 0 aliphatic carbocycles. The topological polar surface area (TPSA) is 49.3 Å². The number of aromatic nitrogens is 1. The molecule has 1 heterocycles. The second kappa shape index (κ2) is 10.9. The van der Waals surface area contributed by atoms with Crippen molar-refractivity contribution in [1.82, 2.24) is 15.6 Å². The molecule has 0 spiro atoms. The largest absolute Gasteiger partial charge is 0.356 e. The van der Waals surface area contributed by atoms with E-state index in [-0.39, 0.29) is 24.0 Å². The highest BCUT2D eigenvalue weighted by atomic mass is 127. The lowest BCUT2D eigenvalue weighted by atomic mass is 10.1. The van der Waals surface area contributed by atoms with Crippen LogP contribution in [0.5, 0.6) is 0 Å². The first-order valence-electron chi connectivity index (χ1n) is 7.61. The Morgan fingerprint density at radius 3 is 2.71 bits per heavy atom. The van der Waals surface area contributed by atoms with Crippen molar-refractivity contribution in [3.8, 4) is 0 Å². The molecular weight excluding hydrogens is 451 g/mol. The summed E-state index contributed by atoms with van der Waals surface area (Å²) in [7, 11) is 1.80. The summed E-state index contributed by atoms with van der Waals surface area (Å²) in [5, 5.41) is 9.95. The van der Waals surface area contributed by atoms with Gasteiger partial charge in [-0.25, -0.2) is 4.98 Å². The molecule has 0 unspecified atom stereocenters. The van der Waals surface area contributed by atoms with Gasteiger partial charge in [0.2, 0.25) is 0 Å². The molecule has 1 aromatic heterocycles. The van der Waals surface area contributed by atoms with Crippen molar-refractivity contribution >= 4 is 53.0 Å². The number of benzene rings is 1. The Balaban J connectivity index is 0.00000288. The highest BCUT2D eigenvalue weighted by Crippen LogP contribution is 2.21. The molecular formula is C17H25IN4S2. The highest BCUT2D eigenvalue weighted by molar-refractivity contribution is 14.0. The van der Waals surface area contributed by atoms with Gasteiger partial charge < -0.3 is 10.6 Å². The number of thioether (sulfide) groups is 1. The van der Waals surface area contributed by atoms with Gasteiger partial charge >= 0.3 is 0 Å². The molecule has 4 nitrogen and oxygen atoms in total. The quantitative estimate of drug-likeness (QED) is 0.286. The zero-order chi connectivity index (χ0) is 16.7. The van der Waals surface area contributed by atoms with E-state index in [4.69, 9.17) is 0 Å². The molecule has 0 atom stereocenters. The molecule has 24 heavy (non-hydrogen) atoms. The van der Waals surface area contributed by atoms with Crippen LogP contribution in [0.25, 0.3) is 0 Å². The van der Waals surface area contributed by atoms with Crippen LogP contribution in [0.15, 0.2) is 33.5 Å². The van der Waals surface area contributed by atoms with E-state index in [0.29, 0.717) is 0 Å². The molecule has 0 radical (unpaired) electrons. The van der Waals surface area contributed by atoms with Gasteiger partial charge in [0, 0.05) is 36.8 Å². The number of halogens is 1. The van der Waals surface area contributed by atoms with Crippen LogP contribution in [0, 0.1) is 13.8 Å². The zero-order valence-electron chi connectivity index (χ0n) is 14.5. The number of nitrogens with zero attached hydrogens (tertiary/aromatic N) is 2. The molecule has 1 aromatic carbocycles. The third-order valence-electron chi connectivity index (χ3n) is 3.45. The molecule has 0 saturated carbocycles. The van der Waals surface area contributed by atoms with Crippen LogP contribution in [0.2, 0.25) is 0 Å². The molecule has 0 aliphatic heterocycles. The Morgan fingerprint density at radius 1 is 1.29 bits per heavy atom. The minimum absolute atomic E-state index is 0. The minimum Gasteiger partial charge on any atom is -0.356 e. The zero-order valence-corrected chi connectivity index (χ0v) is 18.5. The van der Waals surface area contributed by atoms with Crippen LogP contribution in [-0.2, 0) is 13.0 Å². The summed E-state index contributed by atoms with van der Waals surface area (Å²) in [6, 6.07) is 6.55. The van der Waals surface area contributed by atoms with E-state index in [9.17, 15) is 0 Å². The van der Waals surface area contributed by atoms with Crippen LogP contribution in [0.3, 0.4) is 0 Å². The highest BCUT2D eigenvalue weighted by Gasteiger charge is 2.04. The standard InChI is InChI=1S/C17H24N4S2.HI/c1-12-5-6-14(16(9-12)22-4)10-20-17(18-3)19-8-7-15-11-23-13(2)21-15;/h5-6,9,11H,7-8,10H2,1-4H3,(H2,18,19,20);1H. The van der Waals surface area contributed by atoms with Crippen LogP contribution in [0.1, 0.15) is 21.8 Å². The number of rotatable bonds is 6. The smallest absolute Gasteiger partial charge is 0.191 e. The average Bonchev–Trinajstić information content (AvgIpc) is 2.96. The lowest BCUT2D eigenvalue weighted by molar-refractivity contribution is 0.781. The van der Waals surface area contributed by atoms with Gasteiger partial charge in [-0.3, -0.25) is 4.99 Å². The van der Waals surface area contributed by atoms with Gasteiger partial charge in [-0.2, -0.15) is 0 Å². The molecule has 0 amide bonds. The van der Waals surface area contributed by atoms with E-state index in [1.807, 2.05) is 6.92 Å². The number of hydrogen-bond donors (Lipinski definition) is 2. The van der Waals surface area contributed by atoms with Crippen molar-refractivity contribution < 1.29 is 0 Å².